The first kappa shape index (κ1) is 18.4. The Kier molecular flexibility index (Phi) is 5.00. The average molecular weight is 441 g/mol. The minimum atomic E-state index is -0.555. The highest BCUT2D eigenvalue weighted by molar-refractivity contribution is 9.10. The van der Waals surface area contributed by atoms with Gasteiger partial charge in [0, 0.05) is 42.0 Å². The molecule has 6 nitrogen and oxygen atoms in total. The number of Topliss-reactive ketones (excluding diaryl/α,β-unsaturated/α-hetero) is 1. The van der Waals surface area contributed by atoms with Crippen LogP contribution in [0, 0.1) is 0 Å². The maximum Gasteiger partial charge on any atom is 0.331 e. The fourth-order valence-electron chi connectivity index (χ4n) is 3.23. The summed E-state index contributed by atoms with van der Waals surface area (Å²) in [6.45, 7) is 0. The highest BCUT2D eigenvalue weighted by Gasteiger charge is 2.33. The van der Waals surface area contributed by atoms with E-state index in [9.17, 15) is 9.59 Å². The highest BCUT2D eigenvalue weighted by Crippen LogP contribution is 2.34. The Balaban J connectivity index is 1.63. The Morgan fingerprint density at radius 1 is 1.25 bits per heavy atom. The van der Waals surface area contributed by atoms with E-state index in [-0.39, 0.29) is 12.2 Å². The number of aryl methyl sites for hydroxylation is 1. The largest absolute Gasteiger partial charge is 0.461 e. The Bertz CT molecular complexity index is 1050. The predicted molar refractivity (Wildman–Crippen MR) is 106 cm³/mol. The number of carbonyl (C=O) groups is 2. The summed E-state index contributed by atoms with van der Waals surface area (Å²) in [7, 11) is 1.77. The van der Waals surface area contributed by atoms with Gasteiger partial charge in [0.1, 0.15) is 17.6 Å². The van der Waals surface area contributed by atoms with E-state index >= 15 is 0 Å². The van der Waals surface area contributed by atoms with E-state index in [1.165, 1.54) is 6.08 Å². The summed E-state index contributed by atoms with van der Waals surface area (Å²) in [5.41, 5.74) is 0.919. The van der Waals surface area contributed by atoms with Crippen molar-refractivity contribution < 1.29 is 18.7 Å². The fourth-order valence-corrected chi connectivity index (χ4v) is 3.49. The van der Waals surface area contributed by atoms with Gasteiger partial charge < -0.3 is 13.7 Å². The number of ketones is 1. The standard InChI is InChI=1S/C21H17BrN2O4/c1-24-11-10-23-21(24)16(25)12-15(19-8-9-20(26)28-19)18-7-6-17(27-18)13-2-4-14(22)5-3-13/h2-11,15,19H,12H2,1H3/t15-,19-/m1/s1. The van der Waals surface area contributed by atoms with Crippen molar-refractivity contribution in [2.45, 2.75) is 18.4 Å². The average Bonchev–Trinajstić information content (AvgIpc) is 3.41. The zero-order valence-electron chi connectivity index (χ0n) is 15.0. The zero-order valence-corrected chi connectivity index (χ0v) is 16.6. The number of ether oxygens (including phenoxy) is 1. The van der Waals surface area contributed by atoms with Crippen LogP contribution in [0.3, 0.4) is 0 Å². The summed E-state index contributed by atoms with van der Waals surface area (Å²) in [6, 6.07) is 11.4. The Hall–Kier alpha value is -2.93. The monoisotopic (exact) mass is 440 g/mol. The van der Waals surface area contributed by atoms with Gasteiger partial charge in [0.15, 0.2) is 11.6 Å². The molecule has 0 unspecified atom stereocenters. The van der Waals surface area contributed by atoms with E-state index in [1.807, 2.05) is 36.4 Å². The van der Waals surface area contributed by atoms with E-state index < -0.39 is 18.0 Å². The number of benzene rings is 1. The first-order valence-corrected chi connectivity index (χ1v) is 9.55. The van der Waals surface area contributed by atoms with Crippen molar-refractivity contribution >= 4 is 27.7 Å². The van der Waals surface area contributed by atoms with Gasteiger partial charge in [-0.3, -0.25) is 4.79 Å². The van der Waals surface area contributed by atoms with E-state index in [0.29, 0.717) is 17.3 Å². The van der Waals surface area contributed by atoms with Crippen molar-refractivity contribution in [1.82, 2.24) is 9.55 Å². The molecule has 0 saturated heterocycles. The Morgan fingerprint density at radius 2 is 2.04 bits per heavy atom. The van der Waals surface area contributed by atoms with Crippen molar-refractivity contribution in [3.8, 4) is 11.3 Å². The van der Waals surface area contributed by atoms with Crippen molar-refractivity contribution in [2.75, 3.05) is 0 Å². The number of nitrogens with zero attached hydrogens (tertiary/aromatic N) is 2. The number of esters is 1. The summed E-state index contributed by atoms with van der Waals surface area (Å²) in [6.07, 6.45) is 5.90. The number of aromatic nitrogens is 2. The third-order valence-corrected chi connectivity index (χ3v) is 5.20. The molecule has 28 heavy (non-hydrogen) atoms. The fraction of sp³-hybridized carbons (Fsp3) is 0.190. The molecule has 0 bridgehead atoms. The van der Waals surface area contributed by atoms with Crippen molar-refractivity contribution in [1.29, 1.82) is 0 Å². The van der Waals surface area contributed by atoms with Gasteiger partial charge in [0.25, 0.3) is 0 Å². The quantitative estimate of drug-likeness (QED) is 0.422. The number of cyclic esters (lactones) is 1. The van der Waals surface area contributed by atoms with E-state index in [0.717, 1.165) is 10.0 Å². The lowest BCUT2D eigenvalue weighted by molar-refractivity contribution is -0.139. The van der Waals surface area contributed by atoms with Gasteiger partial charge in [-0.05, 0) is 30.3 Å². The van der Waals surface area contributed by atoms with Crippen LogP contribution in [-0.4, -0.2) is 27.4 Å². The molecule has 0 saturated carbocycles. The molecule has 0 radical (unpaired) electrons. The first-order valence-electron chi connectivity index (χ1n) is 8.76. The molecule has 2 aromatic heterocycles. The van der Waals surface area contributed by atoms with Crippen molar-refractivity contribution in [2.24, 2.45) is 7.05 Å². The molecule has 3 heterocycles. The number of halogens is 1. The second-order valence-corrected chi connectivity index (χ2v) is 7.48. The van der Waals surface area contributed by atoms with Crippen LogP contribution in [0.25, 0.3) is 11.3 Å². The molecule has 1 aliphatic heterocycles. The van der Waals surface area contributed by atoms with E-state index in [2.05, 4.69) is 20.9 Å². The summed E-state index contributed by atoms with van der Waals surface area (Å²) in [5.74, 6) is 0.638. The number of imidazole rings is 1. The van der Waals surface area contributed by atoms with E-state index in [1.54, 1.807) is 30.1 Å². The number of hydrogen-bond acceptors (Lipinski definition) is 5. The van der Waals surface area contributed by atoms with Crippen molar-refractivity contribution in [3.05, 3.63) is 77.0 Å². The smallest absolute Gasteiger partial charge is 0.331 e. The van der Waals surface area contributed by atoms with Crippen LogP contribution in [-0.2, 0) is 16.6 Å². The molecule has 0 N–H and O–H groups in total. The van der Waals surface area contributed by atoms with Gasteiger partial charge in [-0.15, -0.1) is 0 Å². The maximum atomic E-state index is 12.8. The first-order chi connectivity index (χ1) is 13.5. The van der Waals surface area contributed by atoms with Gasteiger partial charge in [-0.2, -0.15) is 0 Å². The van der Waals surface area contributed by atoms with Crippen LogP contribution in [0.5, 0.6) is 0 Å². The predicted octanol–water partition coefficient (Wildman–Crippen LogP) is 4.28. The molecule has 0 fully saturated rings. The highest BCUT2D eigenvalue weighted by atomic mass is 79.9. The summed E-state index contributed by atoms with van der Waals surface area (Å²) in [4.78, 5) is 28.5. The molecular formula is C21H17BrN2O4. The molecule has 0 spiro atoms. The van der Waals surface area contributed by atoms with Crippen LogP contribution in [0.4, 0.5) is 0 Å². The molecule has 1 aromatic carbocycles. The van der Waals surface area contributed by atoms with Gasteiger partial charge in [-0.25, -0.2) is 9.78 Å². The lowest BCUT2D eigenvalue weighted by atomic mass is 9.93. The Morgan fingerprint density at radius 3 is 2.68 bits per heavy atom. The topological polar surface area (TPSA) is 74.3 Å². The Labute approximate surface area is 170 Å². The van der Waals surface area contributed by atoms with Crippen LogP contribution in [0.2, 0.25) is 0 Å². The molecule has 2 atom stereocenters. The SMILES string of the molecule is Cn1ccnc1C(=O)C[C@H](c1ccc(-c2ccc(Br)cc2)o1)[C@H]1C=CC(=O)O1. The maximum absolute atomic E-state index is 12.8. The molecule has 142 valence electrons. The molecule has 1 aliphatic rings. The zero-order chi connectivity index (χ0) is 19.7. The number of carbonyl (C=O) groups excluding carboxylic acids is 2. The number of furan rings is 1. The second-order valence-electron chi connectivity index (χ2n) is 6.57. The third kappa shape index (κ3) is 3.71. The summed E-state index contributed by atoms with van der Waals surface area (Å²) in [5, 5.41) is 0. The molecule has 3 aromatic rings. The normalized spacial score (nSPS) is 16.9. The molecule has 0 aliphatic carbocycles. The van der Waals surface area contributed by atoms with Crippen LogP contribution in [0.15, 0.2) is 69.8 Å². The van der Waals surface area contributed by atoms with Crippen LogP contribution < -0.4 is 0 Å². The van der Waals surface area contributed by atoms with Gasteiger partial charge in [-0.1, -0.05) is 28.1 Å². The molecule has 7 heteroatoms. The molecular weight excluding hydrogens is 424 g/mol. The summed E-state index contributed by atoms with van der Waals surface area (Å²) < 4.78 is 14.1. The lowest BCUT2D eigenvalue weighted by Crippen LogP contribution is -2.22. The third-order valence-electron chi connectivity index (χ3n) is 4.67. The molecule has 0 amide bonds. The van der Waals surface area contributed by atoms with Crippen molar-refractivity contribution in [3.63, 3.8) is 0 Å². The van der Waals surface area contributed by atoms with Gasteiger partial charge in [0.05, 0.1) is 5.92 Å². The minimum absolute atomic E-state index is 0.112. The van der Waals surface area contributed by atoms with E-state index in [4.69, 9.17) is 9.15 Å². The molecule has 4 rings (SSSR count). The van der Waals surface area contributed by atoms with Gasteiger partial charge in [0.2, 0.25) is 0 Å². The minimum Gasteiger partial charge on any atom is -0.461 e. The lowest BCUT2D eigenvalue weighted by Gasteiger charge is -2.19. The van der Waals surface area contributed by atoms with Gasteiger partial charge >= 0.3 is 5.97 Å². The number of rotatable bonds is 6. The van der Waals surface area contributed by atoms with Crippen LogP contribution in [0.1, 0.15) is 28.7 Å². The second kappa shape index (κ2) is 7.59. The number of hydrogen-bond donors (Lipinski definition) is 0. The summed E-state index contributed by atoms with van der Waals surface area (Å²) >= 11 is 3.42. The van der Waals surface area contributed by atoms with Crippen LogP contribution >= 0.6 is 15.9 Å².